The summed E-state index contributed by atoms with van der Waals surface area (Å²) < 4.78 is 5.88. The number of rotatable bonds is 1. The van der Waals surface area contributed by atoms with Gasteiger partial charge in [-0.05, 0) is 23.4 Å². The van der Waals surface area contributed by atoms with E-state index >= 15 is 0 Å². The highest BCUT2D eigenvalue weighted by Gasteiger charge is 2.32. The molecule has 3 aromatic rings. The average Bonchev–Trinajstić information content (AvgIpc) is 2.61. The first-order chi connectivity index (χ1) is 11.7. The zero-order valence-corrected chi connectivity index (χ0v) is 13.3. The van der Waals surface area contributed by atoms with Crippen LogP contribution in [0.4, 0.5) is 0 Å². The molecule has 0 fully saturated rings. The number of aryl methyl sites for hydroxylation is 1. The van der Waals surface area contributed by atoms with Crippen LogP contribution in [0.5, 0.6) is 5.75 Å². The summed E-state index contributed by atoms with van der Waals surface area (Å²) in [6.45, 7) is 2.05. The smallest absolute Gasteiger partial charge is 0.205 e. The van der Waals surface area contributed by atoms with Crippen molar-refractivity contribution in [2.45, 2.75) is 12.8 Å². The van der Waals surface area contributed by atoms with E-state index in [1.807, 2.05) is 42.5 Å². The molecule has 3 nitrogen and oxygen atoms in total. The maximum Gasteiger partial charge on any atom is 0.205 e. The standard InChI is InChI=1S/C21H16N2O/c1-13-6-2-4-8-15(13)19-17-11-10-14-7-3-5-9-16(14)20(17)24-21(23)18(19)12-22/h2-11,19H,23H2,1H3/t19-/m0/s1. The quantitative estimate of drug-likeness (QED) is 0.726. The van der Waals surface area contributed by atoms with E-state index in [0.717, 1.165) is 33.2 Å². The van der Waals surface area contributed by atoms with E-state index in [4.69, 9.17) is 10.5 Å². The molecule has 3 aromatic carbocycles. The van der Waals surface area contributed by atoms with Crippen molar-refractivity contribution in [2.75, 3.05) is 0 Å². The second-order valence-corrected chi connectivity index (χ2v) is 5.99. The summed E-state index contributed by atoms with van der Waals surface area (Å²) in [6.07, 6.45) is 0. The topological polar surface area (TPSA) is 59.0 Å². The highest BCUT2D eigenvalue weighted by Crippen LogP contribution is 2.45. The van der Waals surface area contributed by atoms with Crippen LogP contribution in [0.3, 0.4) is 0 Å². The third-order valence-corrected chi connectivity index (χ3v) is 4.61. The van der Waals surface area contributed by atoms with E-state index in [0.29, 0.717) is 5.57 Å². The molecule has 4 rings (SSSR count). The maximum atomic E-state index is 9.66. The van der Waals surface area contributed by atoms with Crippen molar-refractivity contribution in [3.63, 3.8) is 0 Å². The van der Waals surface area contributed by atoms with E-state index in [1.165, 1.54) is 0 Å². The number of ether oxygens (including phenoxy) is 1. The molecule has 0 aromatic heterocycles. The summed E-state index contributed by atoms with van der Waals surface area (Å²) in [5.41, 5.74) is 9.76. The predicted octanol–water partition coefficient (Wildman–Crippen LogP) is 4.37. The van der Waals surface area contributed by atoms with Crippen LogP contribution >= 0.6 is 0 Å². The summed E-state index contributed by atoms with van der Waals surface area (Å²) >= 11 is 0. The molecule has 0 bridgehead atoms. The van der Waals surface area contributed by atoms with Crippen molar-refractivity contribution in [1.82, 2.24) is 0 Å². The van der Waals surface area contributed by atoms with Crippen LogP contribution in [-0.4, -0.2) is 0 Å². The van der Waals surface area contributed by atoms with Crippen molar-refractivity contribution >= 4 is 10.8 Å². The maximum absolute atomic E-state index is 9.66. The van der Waals surface area contributed by atoms with Crippen LogP contribution in [0, 0.1) is 18.3 Å². The van der Waals surface area contributed by atoms with Gasteiger partial charge >= 0.3 is 0 Å². The zero-order chi connectivity index (χ0) is 16.7. The molecule has 2 N–H and O–H groups in total. The summed E-state index contributed by atoms with van der Waals surface area (Å²) in [4.78, 5) is 0. The Labute approximate surface area is 140 Å². The third kappa shape index (κ3) is 2.04. The van der Waals surface area contributed by atoms with Crippen LogP contribution in [-0.2, 0) is 0 Å². The summed E-state index contributed by atoms with van der Waals surface area (Å²) in [7, 11) is 0. The lowest BCUT2D eigenvalue weighted by molar-refractivity contribution is 0.398. The first-order valence-electron chi connectivity index (χ1n) is 7.85. The van der Waals surface area contributed by atoms with E-state index in [-0.39, 0.29) is 11.8 Å². The van der Waals surface area contributed by atoms with Crippen molar-refractivity contribution in [2.24, 2.45) is 5.73 Å². The number of hydrogen-bond donors (Lipinski definition) is 1. The first-order valence-corrected chi connectivity index (χ1v) is 7.85. The van der Waals surface area contributed by atoms with E-state index in [2.05, 4.69) is 31.2 Å². The average molecular weight is 312 g/mol. The second kappa shape index (κ2) is 5.43. The lowest BCUT2D eigenvalue weighted by Gasteiger charge is -2.28. The minimum absolute atomic E-state index is 0.189. The minimum atomic E-state index is -0.204. The van der Waals surface area contributed by atoms with Gasteiger partial charge in [-0.2, -0.15) is 5.26 Å². The van der Waals surface area contributed by atoms with Crippen molar-refractivity contribution in [1.29, 1.82) is 5.26 Å². The fraction of sp³-hybridized carbons (Fsp3) is 0.0952. The molecule has 0 amide bonds. The minimum Gasteiger partial charge on any atom is -0.440 e. The summed E-state index contributed by atoms with van der Waals surface area (Å²) in [6, 6.07) is 22.5. The summed E-state index contributed by atoms with van der Waals surface area (Å²) in [5.74, 6) is 0.733. The van der Waals surface area contributed by atoms with Gasteiger partial charge < -0.3 is 10.5 Å². The molecular formula is C21H16N2O. The van der Waals surface area contributed by atoms with Gasteiger partial charge in [0, 0.05) is 10.9 Å². The Hall–Kier alpha value is -3.25. The monoisotopic (exact) mass is 312 g/mol. The number of nitrogens with two attached hydrogens (primary N) is 1. The highest BCUT2D eigenvalue weighted by atomic mass is 16.5. The fourth-order valence-corrected chi connectivity index (χ4v) is 3.42. The van der Waals surface area contributed by atoms with Gasteiger partial charge in [0.1, 0.15) is 17.4 Å². The molecule has 0 unspecified atom stereocenters. The zero-order valence-electron chi connectivity index (χ0n) is 13.3. The predicted molar refractivity (Wildman–Crippen MR) is 94.4 cm³/mol. The van der Waals surface area contributed by atoms with Crippen LogP contribution in [0.2, 0.25) is 0 Å². The Bertz CT molecular complexity index is 1030. The molecule has 0 aliphatic carbocycles. The number of fused-ring (bicyclic) bond motifs is 3. The lowest BCUT2D eigenvalue weighted by atomic mass is 9.81. The molecule has 0 saturated carbocycles. The molecule has 24 heavy (non-hydrogen) atoms. The van der Waals surface area contributed by atoms with Crippen molar-refractivity contribution < 1.29 is 4.74 Å². The van der Waals surface area contributed by atoms with Gasteiger partial charge in [0.2, 0.25) is 5.88 Å². The van der Waals surface area contributed by atoms with E-state index in [9.17, 15) is 5.26 Å². The molecule has 1 aliphatic heterocycles. The largest absolute Gasteiger partial charge is 0.440 e. The molecule has 1 aliphatic rings. The normalized spacial score (nSPS) is 16.4. The van der Waals surface area contributed by atoms with Gasteiger partial charge in [0.05, 0.1) is 5.92 Å². The Morgan fingerprint density at radius 3 is 2.50 bits per heavy atom. The number of nitriles is 1. The molecular weight excluding hydrogens is 296 g/mol. The van der Waals surface area contributed by atoms with Gasteiger partial charge in [-0.1, -0.05) is 60.7 Å². The number of allylic oxidation sites excluding steroid dienone is 1. The molecule has 1 heterocycles. The van der Waals surface area contributed by atoms with Crippen LogP contribution < -0.4 is 10.5 Å². The Morgan fingerprint density at radius 2 is 1.71 bits per heavy atom. The Morgan fingerprint density at radius 1 is 0.958 bits per heavy atom. The van der Waals surface area contributed by atoms with Gasteiger partial charge in [-0.3, -0.25) is 0 Å². The SMILES string of the molecule is Cc1ccccc1[C@@H]1C(C#N)=C(N)Oc2c1ccc1ccccc21. The highest BCUT2D eigenvalue weighted by molar-refractivity contribution is 5.91. The summed E-state index contributed by atoms with van der Waals surface area (Å²) in [5, 5.41) is 11.8. The second-order valence-electron chi connectivity index (χ2n) is 5.99. The third-order valence-electron chi connectivity index (χ3n) is 4.61. The van der Waals surface area contributed by atoms with Crippen LogP contribution in [0.1, 0.15) is 22.6 Å². The molecule has 1 atom stereocenters. The fourth-order valence-electron chi connectivity index (χ4n) is 3.42. The molecule has 0 radical (unpaired) electrons. The van der Waals surface area contributed by atoms with Gasteiger partial charge in [0.15, 0.2) is 0 Å². The number of hydrogen-bond acceptors (Lipinski definition) is 3. The van der Waals surface area contributed by atoms with E-state index in [1.54, 1.807) is 0 Å². The number of benzene rings is 3. The Balaban J connectivity index is 2.05. The van der Waals surface area contributed by atoms with Crippen LogP contribution in [0.15, 0.2) is 72.1 Å². The molecule has 116 valence electrons. The van der Waals surface area contributed by atoms with Gasteiger partial charge in [-0.15, -0.1) is 0 Å². The lowest BCUT2D eigenvalue weighted by Crippen LogP contribution is -2.21. The molecule has 3 heteroatoms. The van der Waals surface area contributed by atoms with Crippen LogP contribution in [0.25, 0.3) is 10.8 Å². The van der Waals surface area contributed by atoms with Crippen molar-refractivity contribution in [3.8, 4) is 11.8 Å². The van der Waals surface area contributed by atoms with Crippen molar-refractivity contribution in [3.05, 3.63) is 88.8 Å². The Kier molecular flexibility index (Phi) is 3.25. The first kappa shape index (κ1) is 14.3. The number of nitrogens with zero attached hydrogens (tertiary/aromatic N) is 1. The molecule has 0 saturated heterocycles. The van der Waals surface area contributed by atoms with E-state index < -0.39 is 0 Å². The van der Waals surface area contributed by atoms with Gasteiger partial charge in [-0.25, -0.2) is 0 Å². The van der Waals surface area contributed by atoms with Gasteiger partial charge in [0.25, 0.3) is 0 Å². The molecule has 0 spiro atoms.